The standard InChI is InChI=1S/C19H19FN2O3S2/c1-25-14-8-6-13(7-9-14)10-26-19-21-16-11-27(23,24)12-18(16)22(19)17-5-3-2-4-15(17)20/h2-9,16,18H,10-12H2,1H3/t16-,18-/m0/s1. The molecule has 0 bridgehead atoms. The lowest BCUT2D eigenvalue weighted by Crippen LogP contribution is -2.39. The highest BCUT2D eigenvalue weighted by molar-refractivity contribution is 8.13. The number of halogens is 1. The van der Waals surface area contributed by atoms with Gasteiger partial charge in [0.1, 0.15) is 11.6 Å². The molecule has 5 nitrogen and oxygen atoms in total. The van der Waals surface area contributed by atoms with Gasteiger partial charge in [0.05, 0.1) is 36.4 Å². The molecule has 2 atom stereocenters. The minimum atomic E-state index is -3.15. The van der Waals surface area contributed by atoms with Crippen molar-refractivity contribution < 1.29 is 17.5 Å². The molecule has 27 heavy (non-hydrogen) atoms. The summed E-state index contributed by atoms with van der Waals surface area (Å²) >= 11 is 1.49. The van der Waals surface area contributed by atoms with Crippen LogP contribution in [0.5, 0.6) is 5.75 Å². The van der Waals surface area contributed by atoms with Gasteiger partial charge in [0.15, 0.2) is 15.0 Å². The number of thioether (sulfide) groups is 1. The summed E-state index contributed by atoms with van der Waals surface area (Å²) in [6.07, 6.45) is 0. The van der Waals surface area contributed by atoms with E-state index in [4.69, 9.17) is 4.74 Å². The van der Waals surface area contributed by atoms with Crippen molar-refractivity contribution in [1.29, 1.82) is 0 Å². The van der Waals surface area contributed by atoms with Crippen LogP contribution in [0.2, 0.25) is 0 Å². The number of hydrogen-bond acceptors (Lipinski definition) is 6. The van der Waals surface area contributed by atoms with E-state index < -0.39 is 9.84 Å². The molecule has 0 aromatic heterocycles. The van der Waals surface area contributed by atoms with Crippen LogP contribution in [-0.2, 0) is 15.6 Å². The average Bonchev–Trinajstić information content (AvgIpc) is 3.12. The Labute approximate surface area is 162 Å². The topological polar surface area (TPSA) is 59.0 Å². The van der Waals surface area contributed by atoms with Crippen LogP contribution >= 0.6 is 11.8 Å². The summed E-state index contributed by atoms with van der Waals surface area (Å²) in [5.41, 5.74) is 1.46. The lowest BCUT2D eigenvalue weighted by Gasteiger charge is -2.26. The van der Waals surface area contributed by atoms with Gasteiger partial charge in [0.2, 0.25) is 0 Å². The molecule has 2 aromatic rings. The highest BCUT2D eigenvalue weighted by Crippen LogP contribution is 2.37. The maximum atomic E-state index is 14.4. The normalized spacial score (nSPS) is 23.2. The van der Waals surface area contributed by atoms with Crippen LogP contribution in [0, 0.1) is 5.82 Å². The molecule has 0 amide bonds. The number of benzene rings is 2. The molecule has 4 rings (SSSR count). The maximum absolute atomic E-state index is 14.4. The van der Waals surface area contributed by atoms with Crippen LogP contribution < -0.4 is 9.64 Å². The lowest BCUT2D eigenvalue weighted by atomic mass is 10.1. The van der Waals surface area contributed by atoms with E-state index in [-0.39, 0.29) is 29.4 Å². The zero-order chi connectivity index (χ0) is 19.0. The molecule has 0 aliphatic carbocycles. The zero-order valence-electron chi connectivity index (χ0n) is 14.7. The van der Waals surface area contributed by atoms with Gasteiger partial charge in [-0.15, -0.1) is 0 Å². The molecule has 0 radical (unpaired) electrons. The average molecular weight is 407 g/mol. The Morgan fingerprint density at radius 2 is 1.93 bits per heavy atom. The molecule has 0 spiro atoms. The Balaban J connectivity index is 1.60. The van der Waals surface area contributed by atoms with E-state index in [2.05, 4.69) is 4.99 Å². The van der Waals surface area contributed by atoms with Crippen molar-refractivity contribution in [1.82, 2.24) is 0 Å². The van der Waals surface area contributed by atoms with Crippen molar-refractivity contribution in [3.05, 3.63) is 59.9 Å². The number of fused-ring (bicyclic) bond motifs is 1. The molecule has 0 saturated carbocycles. The Kier molecular flexibility index (Phi) is 4.86. The first-order valence-corrected chi connectivity index (χ1v) is 11.4. The molecular formula is C19H19FN2O3S2. The second kappa shape index (κ2) is 7.16. The van der Waals surface area contributed by atoms with Gasteiger partial charge < -0.3 is 9.64 Å². The van der Waals surface area contributed by atoms with Crippen LogP contribution in [0.4, 0.5) is 10.1 Å². The van der Waals surface area contributed by atoms with Gasteiger partial charge in [-0.3, -0.25) is 4.99 Å². The summed E-state index contributed by atoms with van der Waals surface area (Å²) in [6, 6.07) is 13.5. The van der Waals surface area contributed by atoms with Gasteiger partial charge in [-0.25, -0.2) is 12.8 Å². The first-order chi connectivity index (χ1) is 13.0. The summed E-state index contributed by atoms with van der Waals surface area (Å²) in [6.45, 7) is 0. The number of sulfone groups is 1. The van der Waals surface area contributed by atoms with E-state index in [1.807, 2.05) is 24.3 Å². The predicted octanol–water partition coefficient (Wildman–Crippen LogP) is 3.11. The van der Waals surface area contributed by atoms with Gasteiger partial charge >= 0.3 is 0 Å². The van der Waals surface area contributed by atoms with Gasteiger partial charge in [-0.1, -0.05) is 36.0 Å². The van der Waals surface area contributed by atoms with Gasteiger partial charge in [0, 0.05) is 5.75 Å². The zero-order valence-corrected chi connectivity index (χ0v) is 16.3. The highest BCUT2D eigenvalue weighted by Gasteiger charge is 2.47. The van der Waals surface area contributed by atoms with Gasteiger partial charge in [-0.05, 0) is 29.8 Å². The van der Waals surface area contributed by atoms with E-state index in [9.17, 15) is 12.8 Å². The fraction of sp³-hybridized carbons (Fsp3) is 0.316. The first kappa shape index (κ1) is 18.3. The van der Waals surface area contributed by atoms with Gasteiger partial charge in [0.25, 0.3) is 0 Å². The van der Waals surface area contributed by atoms with Crippen LogP contribution in [0.3, 0.4) is 0 Å². The fourth-order valence-corrected chi connectivity index (χ4v) is 6.35. The number of ether oxygens (including phenoxy) is 1. The molecule has 1 saturated heterocycles. The molecule has 8 heteroatoms. The van der Waals surface area contributed by atoms with E-state index in [0.29, 0.717) is 16.6 Å². The number of para-hydroxylation sites is 1. The Morgan fingerprint density at radius 1 is 1.19 bits per heavy atom. The number of nitrogens with zero attached hydrogens (tertiary/aromatic N) is 2. The third-order valence-electron chi connectivity index (χ3n) is 4.75. The summed E-state index contributed by atoms with van der Waals surface area (Å²) in [4.78, 5) is 6.39. The fourth-order valence-electron chi connectivity index (χ4n) is 3.43. The van der Waals surface area contributed by atoms with E-state index >= 15 is 0 Å². The van der Waals surface area contributed by atoms with Crippen molar-refractivity contribution in [3.8, 4) is 5.75 Å². The predicted molar refractivity (Wildman–Crippen MR) is 107 cm³/mol. The number of hydrogen-bond donors (Lipinski definition) is 0. The molecule has 2 aromatic carbocycles. The Hall–Kier alpha value is -2.06. The smallest absolute Gasteiger partial charge is 0.164 e. The molecule has 0 unspecified atom stereocenters. The molecule has 1 fully saturated rings. The second-order valence-electron chi connectivity index (χ2n) is 6.58. The van der Waals surface area contributed by atoms with Crippen molar-refractivity contribution in [2.45, 2.75) is 17.8 Å². The molecule has 2 aliphatic rings. The summed E-state index contributed by atoms with van der Waals surface area (Å²) in [5, 5.41) is 0.667. The van der Waals surface area contributed by atoms with Crippen molar-refractivity contribution in [2.75, 3.05) is 23.5 Å². The van der Waals surface area contributed by atoms with E-state index in [1.165, 1.54) is 17.8 Å². The summed E-state index contributed by atoms with van der Waals surface area (Å²) < 4.78 is 43.7. The molecule has 0 N–H and O–H groups in total. The molecule has 142 valence electrons. The highest BCUT2D eigenvalue weighted by atomic mass is 32.2. The third-order valence-corrected chi connectivity index (χ3v) is 7.48. The van der Waals surface area contributed by atoms with Crippen LogP contribution in [0.15, 0.2) is 53.5 Å². The molecule has 2 heterocycles. The van der Waals surface area contributed by atoms with E-state index in [1.54, 1.807) is 30.2 Å². The monoisotopic (exact) mass is 406 g/mol. The van der Waals surface area contributed by atoms with Gasteiger partial charge in [-0.2, -0.15) is 0 Å². The third kappa shape index (κ3) is 3.68. The summed E-state index contributed by atoms with van der Waals surface area (Å²) in [7, 11) is -1.53. The second-order valence-corrected chi connectivity index (χ2v) is 9.68. The van der Waals surface area contributed by atoms with Crippen LogP contribution in [-0.4, -0.2) is 44.3 Å². The quantitative estimate of drug-likeness (QED) is 0.781. The SMILES string of the molecule is COc1ccc(CSC2=N[C@H]3CS(=O)(=O)C[C@@H]3N2c2ccccc2F)cc1. The largest absolute Gasteiger partial charge is 0.497 e. The van der Waals surface area contributed by atoms with Crippen molar-refractivity contribution in [2.24, 2.45) is 4.99 Å². The van der Waals surface area contributed by atoms with E-state index in [0.717, 1.165) is 11.3 Å². The van der Waals surface area contributed by atoms with Crippen LogP contribution in [0.25, 0.3) is 0 Å². The maximum Gasteiger partial charge on any atom is 0.164 e. The summed E-state index contributed by atoms with van der Waals surface area (Å²) in [5.74, 6) is 1.09. The Morgan fingerprint density at radius 3 is 2.63 bits per heavy atom. The number of aliphatic imine (C=N–C) groups is 1. The van der Waals surface area contributed by atoms with Crippen LogP contribution in [0.1, 0.15) is 5.56 Å². The number of anilines is 1. The minimum absolute atomic E-state index is 0.00208. The number of amidine groups is 1. The molecule has 2 aliphatic heterocycles. The van der Waals surface area contributed by atoms with Crippen molar-refractivity contribution in [3.63, 3.8) is 0 Å². The number of rotatable bonds is 4. The first-order valence-electron chi connectivity index (χ1n) is 8.54. The van der Waals surface area contributed by atoms with Crippen molar-refractivity contribution >= 4 is 32.5 Å². The minimum Gasteiger partial charge on any atom is -0.497 e. The Bertz CT molecular complexity index is 977. The molecular weight excluding hydrogens is 387 g/mol. The number of methoxy groups -OCH3 is 1. The lowest BCUT2D eigenvalue weighted by molar-refractivity contribution is 0.414.